The van der Waals surface area contributed by atoms with Crippen LogP contribution in [0.5, 0.6) is 11.5 Å². The van der Waals surface area contributed by atoms with Crippen LogP contribution in [-0.2, 0) is 23.8 Å². The zero-order valence-electron chi connectivity index (χ0n) is 24.1. The molecule has 5 heteroatoms. The predicted molar refractivity (Wildman–Crippen MR) is 153 cm³/mol. The van der Waals surface area contributed by atoms with Crippen LogP contribution in [0, 0.1) is 0 Å². The van der Waals surface area contributed by atoms with Gasteiger partial charge in [-0.25, -0.2) is 4.98 Å². The molecule has 1 N–H and O–H groups in total. The molecule has 0 saturated carbocycles. The average Bonchev–Trinajstić information content (AvgIpc) is 3.30. The Hall–Kier alpha value is -2.79. The minimum Gasteiger partial charge on any atom is -0.507 e. The van der Waals surface area contributed by atoms with E-state index in [1.807, 2.05) is 12.1 Å². The SMILES string of the molecule is CCCCN(CC)Cc1ccc(OCCc2coc(-c3cc(C(C)(C)C)c(O)c(C(C)(C)C)c3)n2)cc1. The van der Waals surface area contributed by atoms with Crippen molar-refractivity contribution in [3.8, 4) is 23.0 Å². The second-order valence-corrected chi connectivity index (χ2v) is 12.0. The van der Waals surface area contributed by atoms with Gasteiger partial charge in [0.2, 0.25) is 5.89 Å². The molecule has 37 heavy (non-hydrogen) atoms. The monoisotopic (exact) mass is 506 g/mol. The normalized spacial score (nSPS) is 12.4. The van der Waals surface area contributed by atoms with Crippen molar-refractivity contribution in [3.63, 3.8) is 0 Å². The van der Waals surface area contributed by atoms with Crippen LogP contribution < -0.4 is 4.74 Å². The zero-order chi connectivity index (χ0) is 27.2. The quantitative estimate of drug-likeness (QED) is 0.286. The first-order valence-corrected chi connectivity index (χ1v) is 13.7. The van der Waals surface area contributed by atoms with E-state index in [0.717, 1.165) is 47.8 Å². The Morgan fingerprint density at radius 3 is 2.11 bits per heavy atom. The third-order valence-corrected chi connectivity index (χ3v) is 6.76. The van der Waals surface area contributed by atoms with Crippen LogP contribution in [0.25, 0.3) is 11.5 Å². The number of unbranched alkanes of at least 4 members (excludes halogenated alkanes) is 1. The Bertz CT molecular complexity index is 1100. The Labute approximate surface area is 223 Å². The molecule has 0 saturated heterocycles. The highest BCUT2D eigenvalue weighted by molar-refractivity contribution is 5.63. The largest absolute Gasteiger partial charge is 0.507 e. The molecule has 0 radical (unpaired) electrons. The number of rotatable bonds is 11. The van der Waals surface area contributed by atoms with E-state index in [2.05, 4.69) is 84.6 Å². The van der Waals surface area contributed by atoms with Crippen LogP contribution in [0.2, 0.25) is 0 Å². The van der Waals surface area contributed by atoms with Gasteiger partial charge in [-0.1, -0.05) is 73.9 Å². The maximum absolute atomic E-state index is 11.0. The molecule has 3 aromatic rings. The van der Waals surface area contributed by atoms with Crippen molar-refractivity contribution >= 4 is 0 Å². The standard InChI is InChI=1S/C32H46N2O3/c1-9-11-17-34(10-2)21-23-12-14-26(15-13-23)36-18-16-25-22-37-30(33-25)24-19-27(31(3,4)5)29(35)28(20-24)32(6,7)8/h12-15,19-20,22,35H,9-11,16-18,21H2,1-8H3. The third kappa shape index (κ3) is 7.85. The van der Waals surface area contributed by atoms with E-state index in [9.17, 15) is 5.11 Å². The van der Waals surface area contributed by atoms with Crippen molar-refractivity contribution in [2.75, 3.05) is 19.7 Å². The Morgan fingerprint density at radius 2 is 1.57 bits per heavy atom. The van der Waals surface area contributed by atoms with Crippen molar-refractivity contribution < 1.29 is 14.3 Å². The van der Waals surface area contributed by atoms with Gasteiger partial charge in [0.05, 0.1) is 12.3 Å². The van der Waals surface area contributed by atoms with Crippen LogP contribution in [-0.4, -0.2) is 34.7 Å². The maximum atomic E-state index is 11.0. The molecule has 0 aliphatic heterocycles. The number of aromatic hydroxyl groups is 1. The number of phenols is 1. The maximum Gasteiger partial charge on any atom is 0.226 e. The summed E-state index contributed by atoms with van der Waals surface area (Å²) in [6.07, 6.45) is 4.82. The first-order chi connectivity index (χ1) is 17.4. The molecule has 0 atom stereocenters. The number of nitrogens with zero attached hydrogens (tertiary/aromatic N) is 2. The lowest BCUT2D eigenvalue weighted by atomic mass is 9.78. The number of benzene rings is 2. The highest BCUT2D eigenvalue weighted by atomic mass is 16.5. The molecule has 0 bridgehead atoms. The van der Waals surface area contributed by atoms with Crippen LogP contribution >= 0.6 is 0 Å². The van der Waals surface area contributed by atoms with Crippen molar-refractivity contribution in [3.05, 3.63) is 65.0 Å². The van der Waals surface area contributed by atoms with Crippen molar-refractivity contribution in [2.24, 2.45) is 0 Å². The molecular weight excluding hydrogens is 460 g/mol. The third-order valence-electron chi connectivity index (χ3n) is 6.76. The molecule has 5 nitrogen and oxygen atoms in total. The van der Waals surface area contributed by atoms with Crippen LogP contribution in [0.3, 0.4) is 0 Å². The number of phenolic OH excluding ortho intramolecular Hbond substituents is 1. The van der Waals surface area contributed by atoms with Crippen molar-refractivity contribution in [1.29, 1.82) is 0 Å². The van der Waals surface area contributed by atoms with E-state index in [1.54, 1.807) is 6.26 Å². The smallest absolute Gasteiger partial charge is 0.226 e. The summed E-state index contributed by atoms with van der Waals surface area (Å²) in [5, 5.41) is 11.0. The van der Waals surface area contributed by atoms with E-state index < -0.39 is 0 Å². The Kier molecular flexibility index (Phi) is 9.46. The molecule has 0 aliphatic carbocycles. The van der Waals surface area contributed by atoms with Gasteiger partial charge in [0.25, 0.3) is 0 Å². The number of hydrogen-bond donors (Lipinski definition) is 1. The van der Waals surface area contributed by atoms with Gasteiger partial charge in [0.1, 0.15) is 17.8 Å². The summed E-state index contributed by atoms with van der Waals surface area (Å²) in [5.74, 6) is 1.80. The molecule has 0 unspecified atom stereocenters. The fourth-order valence-electron chi connectivity index (χ4n) is 4.41. The van der Waals surface area contributed by atoms with E-state index in [0.29, 0.717) is 24.7 Å². The number of ether oxygens (including phenoxy) is 1. The lowest BCUT2D eigenvalue weighted by Crippen LogP contribution is -2.23. The van der Waals surface area contributed by atoms with E-state index in [-0.39, 0.29) is 10.8 Å². The topological polar surface area (TPSA) is 58.7 Å². The van der Waals surface area contributed by atoms with Crippen LogP contribution in [0.15, 0.2) is 47.1 Å². The molecule has 0 spiro atoms. The first kappa shape index (κ1) is 28.8. The summed E-state index contributed by atoms with van der Waals surface area (Å²) in [6.45, 7) is 20.8. The predicted octanol–water partition coefficient (Wildman–Crippen LogP) is 7.89. The van der Waals surface area contributed by atoms with Crippen LogP contribution in [0.4, 0.5) is 0 Å². The fraction of sp³-hybridized carbons (Fsp3) is 0.531. The number of hydrogen-bond acceptors (Lipinski definition) is 5. The van der Waals surface area contributed by atoms with Gasteiger partial charge in [0.15, 0.2) is 0 Å². The molecule has 0 fully saturated rings. The molecule has 202 valence electrons. The summed E-state index contributed by atoms with van der Waals surface area (Å²) in [5.41, 5.74) is 4.43. The Balaban J connectivity index is 1.64. The first-order valence-electron chi connectivity index (χ1n) is 13.7. The number of oxazole rings is 1. The minimum atomic E-state index is -0.205. The van der Waals surface area contributed by atoms with Gasteiger partial charge in [-0.15, -0.1) is 0 Å². The average molecular weight is 507 g/mol. The summed E-state index contributed by atoms with van der Waals surface area (Å²) in [4.78, 5) is 7.21. The second-order valence-electron chi connectivity index (χ2n) is 12.0. The highest BCUT2D eigenvalue weighted by Gasteiger charge is 2.27. The molecule has 0 aliphatic rings. The molecule has 1 heterocycles. The van der Waals surface area contributed by atoms with E-state index >= 15 is 0 Å². The van der Waals surface area contributed by atoms with Crippen molar-refractivity contribution in [1.82, 2.24) is 9.88 Å². The lowest BCUT2D eigenvalue weighted by molar-refractivity contribution is 0.275. The van der Waals surface area contributed by atoms with Gasteiger partial charge in [-0.2, -0.15) is 0 Å². The molecule has 2 aromatic carbocycles. The van der Waals surface area contributed by atoms with E-state index in [4.69, 9.17) is 14.1 Å². The van der Waals surface area contributed by atoms with Gasteiger partial charge in [-0.05, 0) is 60.2 Å². The van der Waals surface area contributed by atoms with Gasteiger partial charge in [-0.3, -0.25) is 4.90 Å². The van der Waals surface area contributed by atoms with E-state index in [1.165, 1.54) is 18.4 Å². The van der Waals surface area contributed by atoms with Gasteiger partial charge >= 0.3 is 0 Å². The van der Waals surface area contributed by atoms with Crippen molar-refractivity contribution in [2.45, 2.75) is 92.0 Å². The molecular formula is C32H46N2O3. The summed E-state index contributed by atoms with van der Waals surface area (Å²) in [6, 6.07) is 12.4. The molecule has 0 amide bonds. The summed E-state index contributed by atoms with van der Waals surface area (Å²) >= 11 is 0. The molecule has 3 rings (SSSR count). The lowest BCUT2D eigenvalue weighted by Gasteiger charge is -2.27. The molecule has 1 aromatic heterocycles. The summed E-state index contributed by atoms with van der Waals surface area (Å²) < 4.78 is 11.9. The second kappa shape index (κ2) is 12.2. The van der Waals surface area contributed by atoms with Gasteiger partial charge < -0.3 is 14.3 Å². The number of aromatic nitrogens is 1. The van der Waals surface area contributed by atoms with Crippen LogP contribution in [0.1, 0.15) is 90.6 Å². The fourth-order valence-corrected chi connectivity index (χ4v) is 4.41. The highest BCUT2D eigenvalue weighted by Crippen LogP contribution is 2.41. The minimum absolute atomic E-state index is 0.205. The Morgan fingerprint density at radius 1 is 0.946 bits per heavy atom. The zero-order valence-corrected chi connectivity index (χ0v) is 24.1. The van der Waals surface area contributed by atoms with Gasteiger partial charge in [0, 0.05) is 29.7 Å². The summed E-state index contributed by atoms with van der Waals surface area (Å²) in [7, 11) is 0.